The molecule has 0 radical (unpaired) electrons. The first-order valence-corrected chi connectivity index (χ1v) is 19.4. The average Bonchev–Trinajstić information content (AvgIpc) is 3.63. The minimum atomic E-state index is -2.07. The Morgan fingerprint density at radius 1 is 0.458 bits per heavy atom. The highest BCUT2D eigenvalue weighted by atomic mass is 28.3. The molecule has 9 aromatic rings. The third-order valence-electron chi connectivity index (χ3n) is 10.1. The Morgan fingerprint density at radius 3 is 1.62 bits per heavy atom. The molecule has 0 bridgehead atoms. The van der Waals surface area contributed by atoms with Gasteiger partial charge < -0.3 is 4.42 Å². The molecule has 48 heavy (non-hydrogen) atoms. The van der Waals surface area contributed by atoms with Gasteiger partial charge in [0.05, 0.1) is 0 Å². The van der Waals surface area contributed by atoms with Gasteiger partial charge in [-0.1, -0.05) is 140 Å². The highest BCUT2D eigenvalue weighted by Gasteiger charge is 2.40. The number of para-hydroxylation sites is 1. The summed E-state index contributed by atoms with van der Waals surface area (Å²) in [5.41, 5.74) is 7.21. The van der Waals surface area contributed by atoms with Gasteiger partial charge >= 0.3 is 0 Å². The molecule has 0 saturated heterocycles. The number of nitrogens with zero attached hydrogens (tertiary/aromatic N) is 3. The van der Waals surface area contributed by atoms with Crippen molar-refractivity contribution >= 4 is 61.9 Å². The van der Waals surface area contributed by atoms with E-state index in [2.05, 4.69) is 147 Å². The number of furan rings is 1. The van der Waals surface area contributed by atoms with Gasteiger partial charge in [0.1, 0.15) is 19.2 Å². The summed E-state index contributed by atoms with van der Waals surface area (Å²) < 4.78 is 6.80. The van der Waals surface area contributed by atoms with Crippen LogP contribution in [0.2, 0.25) is 13.1 Å². The largest absolute Gasteiger partial charge is 0.455 e. The minimum Gasteiger partial charge on any atom is -0.455 e. The zero-order chi connectivity index (χ0) is 32.0. The van der Waals surface area contributed by atoms with Crippen molar-refractivity contribution in [3.05, 3.63) is 140 Å². The molecule has 0 unspecified atom stereocenters. The molecule has 0 spiro atoms. The van der Waals surface area contributed by atoms with E-state index in [4.69, 9.17) is 19.4 Å². The van der Waals surface area contributed by atoms with E-state index in [0.717, 1.165) is 60.2 Å². The van der Waals surface area contributed by atoms with Crippen LogP contribution in [0.1, 0.15) is 0 Å². The number of aromatic nitrogens is 3. The first-order valence-electron chi connectivity index (χ1n) is 16.4. The van der Waals surface area contributed by atoms with Gasteiger partial charge in [0.25, 0.3) is 0 Å². The molecule has 4 nitrogen and oxygen atoms in total. The first kappa shape index (κ1) is 27.2. The molecule has 2 aromatic heterocycles. The van der Waals surface area contributed by atoms with Crippen LogP contribution >= 0.6 is 0 Å². The molecule has 0 aliphatic carbocycles. The van der Waals surface area contributed by atoms with Crippen LogP contribution in [0.3, 0.4) is 0 Å². The quantitative estimate of drug-likeness (QED) is 0.182. The van der Waals surface area contributed by atoms with Gasteiger partial charge in [-0.05, 0) is 49.6 Å². The molecule has 3 heterocycles. The summed E-state index contributed by atoms with van der Waals surface area (Å²) in [5, 5.41) is 9.41. The molecular formula is C43H29N3OSi. The lowest BCUT2D eigenvalue weighted by Gasteiger charge is -2.19. The summed E-state index contributed by atoms with van der Waals surface area (Å²) in [7, 11) is -2.07. The molecule has 226 valence electrons. The van der Waals surface area contributed by atoms with Crippen molar-refractivity contribution in [1.82, 2.24) is 15.0 Å². The average molecular weight is 632 g/mol. The number of hydrogen-bond donors (Lipinski definition) is 0. The molecule has 0 amide bonds. The van der Waals surface area contributed by atoms with E-state index >= 15 is 0 Å². The molecule has 0 N–H and O–H groups in total. The van der Waals surface area contributed by atoms with E-state index < -0.39 is 8.07 Å². The summed E-state index contributed by atoms with van der Waals surface area (Å²) in [4.78, 5) is 15.9. The molecule has 0 atom stereocenters. The minimum absolute atomic E-state index is 0.649. The van der Waals surface area contributed by atoms with Crippen LogP contribution in [0.4, 0.5) is 0 Å². The fraction of sp³-hybridized carbons (Fsp3) is 0.0465. The van der Waals surface area contributed by atoms with E-state index in [1.54, 1.807) is 0 Å². The second-order valence-electron chi connectivity index (χ2n) is 13.2. The lowest BCUT2D eigenvalue weighted by molar-refractivity contribution is 0.670. The summed E-state index contributed by atoms with van der Waals surface area (Å²) in [5.74, 6) is 1.96. The van der Waals surface area contributed by atoms with Crippen molar-refractivity contribution < 1.29 is 4.42 Å². The second-order valence-corrected chi connectivity index (χ2v) is 17.5. The molecule has 0 fully saturated rings. The zero-order valence-corrected chi connectivity index (χ0v) is 27.5. The van der Waals surface area contributed by atoms with E-state index in [1.165, 1.54) is 21.5 Å². The fourth-order valence-electron chi connectivity index (χ4n) is 7.81. The lowest BCUT2D eigenvalue weighted by Crippen LogP contribution is -2.49. The monoisotopic (exact) mass is 631 g/mol. The molecule has 10 rings (SSSR count). The zero-order valence-electron chi connectivity index (χ0n) is 26.5. The predicted molar refractivity (Wildman–Crippen MR) is 201 cm³/mol. The summed E-state index contributed by atoms with van der Waals surface area (Å²) in [6.45, 7) is 4.87. The summed E-state index contributed by atoms with van der Waals surface area (Å²) >= 11 is 0. The third kappa shape index (κ3) is 3.85. The number of fused-ring (bicyclic) bond motifs is 9. The van der Waals surface area contributed by atoms with E-state index in [9.17, 15) is 0 Å². The van der Waals surface area contributed by atoms with Gasteiger partial charge in [0.2, 0.25) is 0 Å². The fourth-order valence-corrected chi connectivity index (χ4v) is 10.9. The van der Waals surface area contributed by atoms with Crippen molar-refractivity contribution in [2.75, 3.05) is 0 Å². The number of rotatable bonds is 3. The SMILES string of the molecule is C[Si]1(C)c2ccccc2-c2c1cc(-c1nc(-c3cccc4ccccc34)nc(-c3cccc4ccccc34)n1)c1c2oc2ccccc21. The lowest BCUT2D eigenvalue weighted by atomic mass is 9.98. The Kier molecular flexibility index (Phi) is 5.70. The Labute approximate surface area is 278 Å². The Hall–Kier alpha value is -5.91. The van der Waals surface area contributed by atoms with Crippen molar-refractivity contribution in [1.29, 1.82) is 0 Å². The second kappa shape index (κ2) is 10.0. The van der Waals surface area contributed by atoms with Gasteiger partial charge in [0, 0.05) is 33.0 Å². The molecule has 1 aliphatic rings. The maximum absolute atomic E-state index is 6.80. The van der Waals surface area contributed by atoms with E-state index in [0.29, 0.717) is 17.5 Å². The highest BCUT2D eigenvalue weighted by Crippen LogP contribution is 2.44. The van der Waals surface area contributed by atoms with Crippen LogP contribution in [0.5, 0.6) is 0 Å². The first-order chi connectivity index (χ1) is 23.6. The van der Waals surface area contributed by atoms with Crippen LogP contribution in [0.25, 0.3) is 88.8 Å². The van der Waals surface area contributed by atoms with Gasteiger partial charge in [-0.3, -0.25) is 0 Å². The van der Waals surface area contributed by atoms with E-state index in [1.807, 2.05) is 6.07 Å². The molecule has 1 aliphatic heterocycles. The van der Waals surface area contributed by atoms with Crippen molar-refractivity contribution in [2.45, 2.75) is 13.1 Å². The molecule has 7 aromatic carbocycles. The van der Waals surface area contributed by atoms with Crippen LogP contribution in [-0.4, -0.2) is 23.0 Å². The maximum Gasteiger partial charge on any atom is 0.164 e. The number of hydrogen-bond acceptors (Lipinski definition) is 4. The number of benzene rings is 7. The Balaban J connectivity index is 1.34. The normalized spacial score (nSPS) is 13.4. The Morgan fingerprint density at radius 2 is 0.958 bits per heavy atom. The van der Waals surface area contributed by atoms with Crippen molar-refractivity contribution in [3.63, 3.8) is 0 Å². The highest BCUT2D eigenvalue weighted by molar-refractivity contribution is 7.04. The van der Waals surface area contributed by atoms with Crippen molar-refractivity contribution in [2.24, 2.45) is 0 Å². The summed E-state index contributed by atoms with van der Waals surface area (Å²) in [6, 6.07) is 49.1. The third-order valence-corrected chi connectivity index (χ3v) is 13.7. The Bertz CT molecular complexity index is 2670. The van der Waals surface area contributed by atoms with Crippen LogP contribution in [-0.2, 0) is 0 Å². The topological polar surface area (TPSA) is 51.8 Å². The predicted octanol–water partition coefficient (Wildman–Crippen LogP) is 9.88. The van der Waals surface area contributed by atoms with Gasteiger partial charge in [-0.25, -0.2) is 15.0 Å². The van der Waals surface area contributed by atoms with Crippen LogP contribution < -0.4 is 10.4 Å². The molecule has 0 saturated carbocycles. The van der Waals surface area contributed by atoms with Crippen LogP contribution in [0, 0.1) is 0 Å². The van der Waals surface area contributed by atoms with Crippen LogP contribution in [0.15, 0.2) is 144 Å². The van der Waals surface area contributed by atoms with Gasteiger partial charge in [-0.15, -0.1) is 0 Å². The smallest absolute Gasteiger partial charge is 0.164 e. The van der Waals surface area contributed by atoms with E-state index in [-0.39, 0.29) is 0 Å². The van der Waals surface area contributed by atoms with Gasteiger partial charge in [-0.2, -0.15) is 0 Å². The van der Waals surface area contributed by atoms with Crippen molar-refractivity contribution in [3.8, 4) is 45.3 Å². The molecular weight excluding hydrogens is 603 g/mol. The molecule has 5 heteroatoms. The summed E-state index contributed by atoms with van der Waals surface area (Å²) in [6.07, 6.45) is 0. The standard InChI is InChI=1S/C43H29N3OSi/c1-48(2)36-24-10-8-20-33(36)39-37(48)25-34(38-32-19-7-9-23-35(32)47-40(38)39)43-45-41(30-21-11-15-26-13-3-5-17-28(26)30)44-42(46-43)31-22-12-16-27-14-4-6-18-29(27)31/h3-25H,1-2H3. The maximum atomic E-state index is 6.80. The van der Waals surface area contributed by atoms with Gasteiger partial charge in [0.15, 0.2) is 17.5 Å².